The molecule has 1 N–H and O–H groups in total. The van der Waals surface area contributed by atoms with Crippen molar-refractivity contribution in [2.45, 2.75) is 69.1 Å². The first-order chi connectivity index (χ1) is 13.7. The number of hydrogen-bond acceptors (Lipinski definition) is 3. The molecule has 2 saturated carbocycles. The summed E-state index contributed by atoms with van der Waals surface area (Å²) in [5.74, 6) is 0.674. The van der Waals surface area contributed by atoms with Gasteiger partial charge in [-0.2, -0.15) is 0 Å². The Morgan fingerprint density at radius 1 is 1.10 bits per heavy atom. The third-order valence-corrected chi connectivity index (χ3v) is 7.45. The molecular formula is C24H37N3O2. The van der Waals surface area contributed by atoms with Crippen LogP contribution in [-0.2, 0) is 5.54 Å². The molecular weight excluding hydrogens is 362 g/mol. The number of β-amino-alcohol motifs (C(OH)–C–C–N with tert-alkyl or cyclic N) is 1. The molecule has 29 heavy (non-hydrogen) atoms. The van der Waals surface area contributed by atoms with Crippen LogP contribution in [0.1, 0.15) is 57.9 Å². The third kappa shape index (κ3) is 3.91. The molecule has 1 saturated heterocycles. The molecule has 1 aliphatic heterocycles. The van der Waals surface area contributed by atoms with E-state index >= 15 is 0 Å². The molecule has 2 aliphatic carbocycles. The van der Waals surface area contributed by atoms with Crippen LogP contribution < -0.4 is 0 Å². The summed E-state index contributed by atoms with van der Waals surface area (Å²) in [6, 6.07) is 11.0. The standard InChI is InChI=1S/C24H37N3O2/c1-22(2,29)17-26-18-23(27(21(26)28)16-19-10-11-19)12-14-24(15-13-23,25(3)4)20-8-6-5-7-9-20/h5-9,19,29H,10-18H2,1-4H3. The van der Waals surface area contributed by atoms with Gasteiger partial charge in [0.15, 0.2) is 0 Å². The molecule has 3 aliphatic rings. The highest BCUT2D eigenvalue weighted by Crippen LogP contribution is 2.50. The van der Waals surface area contributed by atoms with E-state index in [1.165, 1.54) is 18.4 Å². The normalized spacial score (nSPS) is 30.6. The minimum Gasteiger partial charge on any atom is -0.389 e. The lowest BCUT2D eigenvalue weighted by atomic mass is 9.68. The van der Waals surface area contributed by atoms with Crippen LogP contribution in [0.2, 0.25) is 0 Å². The van der Waals surface area contributed by atoms with Crippen molar-refractivity contribution in [2.75, 3.05) is 33.7 Å². The fraction of sp³-hybridized carbons (Fsp3) is 0.708. The quantitative estimate of drug-likeness (QED) is 0.794. The Labute approximate surface area is 175 Å². The maximum atomic E-state index is 13.3. The molecule has 0 radical (unpaired) electrons. The van der Waals surface area contributed by atoms with E-state index < -0.39 is 5.60 Å². The Hall–Kier alpha value is -1.59. The number of benzene rings is 1. The summed E-state index contributed by atoms with van der Waals surface area (Å²) in [6.45, 7) is 5.64. The number of carbonyl (C=O) groups excluding carboxylic acids is 1. The molecule has 1 aromatic rings. The first-order valence-electron chi connectivity index (χ1n) is 11.2. The van der Waals surface area contributed by atoms with E-state index in [-0.39, 0.29) is 17.1 Å². The average Bonchev–Trinajstić information content (AvgIpc) is 3.45. The summed E-state index contributed by atoms with van der Waals surface area (Å²) >= 11 is 0. The Balaban J connectivity index is 1.59. The van der Waals surface area contributed by atoms with E-state index in [2.05, 4.69) is 54.2 Å². The summed E-state index contributed by atoms with van der Waals surface area (Å²) in [7, 11) is 4.38. The van der Waals surface area contributed by atoms with E-state index in [0.717, 1.165) is 38.8 Å². The second-order valence-electron chi connectivity index (χ2n) is 10.5. The van der Waals surface area contributed by atoms with Crippen LogP contribution in [-0.4, -0.2) is 70.7 Å². The van der Waals surface area contributed by atoms with Crippen LogP contribution in [0.4, 0.5) is 4.79 Å². The Kier molecular flexibility index (Phi) is 5.19. The Morgan fingerprint density at radius 2 is 1.72 bits per heavy atom. The Morgan fingerprint density at radius 3 is 2.24 bits per heavy atom. The first-order valence-corrected chi connectivity index (χ1v) is 11.2. The molecule has 1 heterocycles. The van der Waals surface area contributed by atoms with Crippen molar-refractivity contribution in [2.24, 2.45) is 5.92 Å². The van der Waals surface area contributed by atoms with Crippen molar-refractivity contribution >= 4 is 6.03 Å². The van der Waals surface area contributed by atoms with Gasteiger partial charge in [-0.15, -0.1) is 0 Å². The topological polar surface area (TPSA) is 47.0 Å². The van der Waals surface area contributed by atoms with Gasteiger partial charge in [-0.3, -0.25) is 4.90 Å². The number of nitrogens with zero attached hydrogens (tertiary/aromatic N) is 3. The van der Waals surface area contributed by atoms with Crippen LogP contribution in [0.5, 0.6) is 0 Å². The van der Waals surface area contributed by atoms with Gasteiger partial charge in [-0.05, 0) is 77.9 Å². The van der Waals surface area contributed by atoms with Crippen LogP contribution in [0.25, 0.3) is 0 Å². The summed E-state index contributed by atoms with van der Waals surface area (Å²) in [5, 5.41) is 10.3. The number of hydrogen-bond donors (Lipinski definition) is 1. The van der Waals surface area contributed by atoms with Crippen molar-refractivity contribution in [1.82, 2.24) is 14.7 Å². The van der Waals surface area contributed by atoms with Crippen molar-refractivity contribution in [1.29, 1.82) is 0 Å². The van der Waals surface area contributed by atoms with Gasteiger partial charge in [-0.1, -0.05) is 30.3 Å². The van der Waals surface area contributed by atoms with E-state index in [0.29, 0.717) is 12.5 Å². The summed E-state index contributed by atoms with van der Waals surface area (Å²) in [6.07, 6.45) is 6.62. The molecule has 2 amide bonds. The lowest BCUT2D eigenvalue weighted by Crippen LogP contribution is -2.55. The van der Waals surface area contributed by atoms with Crippen molar-refractivity contribution in [3.63, 3.8) is 0 Å². The summed E-state index contributed by atoms with van der Waals surface area (Å²) in [4.78, 5) is 19.8. The van der Waals surface area contributed by atoms with Gasteiger partial charge in [0.05, 0.1) is 17.7 Å². The number of urea groups is 1. The smallest absolute Gasteiger partial charge is 0.320 e. The summed E-state index contributed by atoms with van der Waals surface area (Å²) < 4.78 is 0. The SMILES string of the molecule is CN(C)C1(c2ccccc2)CCC2(CC1)CN(CC(C)(C)O)C(=O)N2CC1CC1. The maximum absolute atomic E-state index is 13.3. The van der Waals surface area contributed by atoms with Gasteiger partial charge in [0.1, 0.15) is 0 Å². The number of aliphatic hydroxyl groups is 1. The van der Waals surface area contributed by atoms with Crippen LogP contribution in [0.15, 0.2) is 30.3 Å². The molecule has 0 bridgehead atoms. The van der Waals surface area contributed by atoms with Crippen LogP contribution in [0, 0.1) is 5.92 Å². The second kappa shape index (κ2) is 7.28. The summed E-state index contributed by atoms with van der Waals surface area (Å²) in [5.41, 5.74) is 0.466. The molecule has 160 valence electrons. The minimum atomic E-state index is -0.863. The maximum Gasteiger partial charge on any atom is 0.320 e. The fourth-order valence-electron chi connectivity index (χ4n) is 5.60. The van der Waals surface area contributed by atoms with E-state index in [9.17, 15) is 9.90 Å². The zero-order valence-corrected chi connectivity index (χ0v) is 18.5. The molecule has 5 heteroatoms. The highest BCUT2D eigenvalue weighted by Gasteiger charge is 2.55. The van der Waals surface area contributed by atoms with E-state index in [4.69, 9.17) is 0 Å². The molecule has 0 aromatic heterocycles. The minimum absolute atomic E-state index is 0.0322. The van der Waals surface area contributed by atoms with Crippen molar-refractivity contribution < 1.29 is 9.90 Å². The van der Waals surface area contributed by atoms with Crippen LogP contribution >= 0.6 is 0 Å². The van der Waals surface area contributed by atoms with Crippen LogP contribution in [0.3, 0.4) is 0 Å². The fourth-order valence-corrected chi connectivity index (χ4v) is 5.60. The van der Waals surface area contributed by atoms with Gasteiger partial charge < -0.3 is 14.9 Å². The zero-order valence-electron chi connectivity index (χ0n) is 18.5. The predicted octanol–water partition coefficient (Wildman–Crippen LogP) is 3.67. The van der Waals surface area contributed by atoms with Gasteiger partial charge in [0, 0.05) is 18.6 Å². The third-order valence-electron chi connectivity index (χ3n) is 7.45. The molecule has 5 nitrogen and oxygen atoms in total. The number of carbonyl (C=O) groups is 1. The van der Waals surface area contributed by atoms with E-state index in [1.54, 1.807) is 13.8 Å². The van der Waals surface area contributed by atoms with Crippen molar-refractivity contribution in [3.8, 4) is 0 Å². The van der Waals surface area contributed by atoms with Gasteiger partial charge in [-0.25, -0.2) is 4.79 Å². The highest BCUT2D eigenvalue weighted by atomic mass is 16.3. The second-order valence-corrected chi connectivity index (χ2v) is 10.5. The number of rotatable bonds is 6. The van der Waals surface area contributed by atoms with Gasteiger partial charge in [0.25, 0.3) is 0 Å². The molecule has 4 rings (SSSR count). The van der Waals surface area contributed by atoms with Crippen molar-refractivity contribution in [3.05, 3.63) is 35.9 Å². The number of amides is 2. The molecule has 1 spiro atoms. The lowest BCUT2D eigenvalue weighted by Gasteiger charge is -2.51. The largest absolute Gasteiger partial charge is 0.389 e. The zero-order chi connectivity index (χ0) is 20.9. The lowest BCUT2D eigenvalue weighted by molar-refractivity contribution is 0.0201. The average molecular weight is 400 g/mol. The predicted molar refractivity (Wildman–Crippen MR) is 116 cm³/mol. The molecule has 3 fully saturated rings. The Bertz CT molecular complexity index is 728. The van der Waals surface area contributed by atoms with Gasteiger partial charge >= 0.3 is 6.03 Å². The highest BCUT2D eigenvalue weighted by molar-refractivity contribution is 5.78. The molecule has 1 aromatic carbocycles. The monoisotopic (exact) mass is 399 g/mol. The van der Waals surface area contributed by atoms with Gasteiger partial charge in [0.2, 0.25) is 0 Å². The molecule has 0 atom stereocenters. The van der Waals surface area contributed by atoms with E-state index in [1.807, 2.05) is 4.90 Å². The molecule has 0 unspecified atom stereocenters. The first kappa shape index (κ1) is 20.7.